The molecule has 8 nitrogen and oxygen atoms in total. The molecule has 0 bridgehead atoms. The first-order chi connectivity index (χ1) is 17.6. The van der Waals surface area contributed by atoms with Gasteiger partial charge < -0.3 is 9.15 Å². The van der Waals surface area contributed by atoms with Crippen LogP contribution in [0.1, 0.15) is 50.6 Å². The Morgan fingerprint density at radius 3 is 2.56 bits per heavy atom. The zero-order valence-electron chi connectivity index (χ0n) is 19.3. The molecule has 2 heterocycles. The number of nitrogens with zero attached hydrogens (tertiary/aromatic N) is 1. The Morgan fingerprint density at radius 1 is 0.944 bits per heavy atom. The summed E-state index contributed by atoms with van der Waals surface area (Å²) in [6, 6.07) is 19.5. The number of ether oxygens (including phenoxy) is 1. The van der Waals surface area contributed by atoms with E-state index in [4.69, 9.17) is 14.1 Å². The van der Waals surface area contributed by atoms with Crippen LogP contribution in [0.4, 0.5) is 0 Å². The van der Waals surface area contributed by atoms with Crippen LogP contribution in [-0.4, -0.2) is 29.4 Å². The summed E-state index contributed by atoms with van der Waals surface area (Å²) in [5.41, 5.74) is 8.55. The maximum absolute atomic E-state index is 13.3. The van der Waals surface area contributed by atoms with Gasteiger partial charge in [-0.25, -0.2) is 9.78 Å². The van der Waals surface area contributed by atoms with E-state index in [9.17, 15) is 14.4 Å². The number of nitrogens with one attached hydrogen (secondary N) is 2. The van der Waals surface area contributed by atoms with Gasteiger partial charge in [-0.3, -0.25) is 20.4 Å². The molecule has 0 saturated carbocycles. The fourth-order valence-electron chi connectivity index (χ4n) is 4.28. The molecule has 2 N–H and O–H groups in total. The van der Waals surface area contributed by atoms with Gasteiger partial charge in [-0.15, -0.1) is 0 Å². The van der Waals surface area contributed by atoms with Gasteiger partial charge in [-0.1, -0.05) is 36.4 Å². The smallest absolute Gasteiger partial charge is 0.339 e. The highest BCUT2D eigenvalue weighted by Crippen LogP contribution is 2.36. The first kappa shape index (κ1) is 23.0. The van der Waals surface area contributed by atoms with Crippen LogP contribution in [-0.2, 0) is 16.0 Å². The number of hydrogen-bond acceptors (Lipinski definition) is 6. The number of esters is 1. The van der Waals surface area contributed by atoms with Gasteiger partial charge in [0.25, 0.3) is 11.8 Å². The third-order valence-electron chi connectivity index (χ3n) is 5.92. The molecule has 0 unspecified atom stereocenters. The van der Waals surface area contributed by atoms with Gasteiger partial charge in [-0.2, -0.15) is 0 Å². The number of hydrogen-bond donors (Lipinski definition) is 2. The Balaban J connectivity index is 1.36. The normalized spacial score (nSPS) is 13.7. The Labute approximate surface area is 206 Å². The number of carbonyl (C=O) groups is 3. The van der Waals surface area contributed by atoms with Gasteiger partial charge in [-0.05, 0) is 66.8 Å². The molecule has 0 aliphatic heterocycles. The van der Waals surface area contributed by atoms with Crippen molar-refractivity contribution in [2.24, 2.45) is 0 Å². The minimum Gasteiger partial charge on any atom is -0.465 e. The Hall–Kier alpha value is -4.72. The van der Waals surface area contributed by atoms with Crippen LogP contribution >= 0.6 is 0 Å². The lowest BCUT2D eigenvalue weighted by Crippen LogP contribution is -2.43. The van der Waals surface area contributed by atoms with Crippen molar-refractivity contribution in [2.75, 3.05) is 6.61 Å². The third kappa shape index (κ3) is 4.88. The summed E-state index contributed by atoms with van der Waals surface area (Å²) < 4.78 is 10.9. The van der Waals surface area contributed by atoms with Crippen LogP contribution in [0.5, 0.6) is 0 Å². The minimum absolute atomic E-state index is 0.392. The van der Waals surface area contributed by atoms with E-state index in [2.05, 4.69) is 10.9 Å². The summed E-state index contributed by atoms with van der Waals surface area (Å²) in [5, 5.41) is 0.665. The highest BCUT2D eigenvalue weighted by Gasteiger charge is 2.26. The molecule has 8 heteroatoms. The number of hydrazine groups is 1. The van der Waals surface area contributed by atoms with E-state index in [1.54, 1.807) is 36.6 Å². The number of allylic oxidation sites excluding steroid dienone is 1. The molecule has 4 aromatic rings. The molecule has 0 radical (unpaired) electrons. The largest absolute Gasteiger partial charge is 0.465 e. The maximum Gasteiger partial charge on any atom is 0.339 e. The zero-order chi connectivity index (χ0) is 24.9. The topological polar surface area (TPSA) is 111 Å². The van der Waals surface area contributed by atoms with Gasteiger partial charge in [0.2, 0.25) is 0 Å². The molecule has 0 fully saturated rings. The van der Waals surface area contributed by atoms with Crippen molar-refractivity contribution < 1.29 is 23.5 Å². The van der Waals surface area contributed by atoms with Crippen molar-refractivity contribution >= 4 is 40.3 Å². The summed E-state index contributed by atoms with van der Waals surface area (Å²) >= 11 is 0. The average molecular weight is 482 g/mol. The number of rotatable bonds is 5. The molecular formula is C28H23N3O5. The molecule has 180 valence electrons. The number of carbonyl (C=O) groups excluding carboxylic acids is 3. The molecule has 1 aliphatic carbocycles. The van der Waals surface area contributed by atoms with E-state index in [-0.39, 0.29) is 0 Å². The molecule has 2 amide bonds. The monoisotopic (exact) mass is 481 g/mol. The van der Waals surface area contributed by atoms with E-state index >= 15 is 0 Å². The van der Waals surface area contributed by atoms with Crippen molar-refractivity contribution in [3.05, 3.63) is 101 Å². The number of aromatic nitrogens is 1. The van der Waals surface area contributed by atoms with Gasteiger partial charge in [0.15, 0.2) is 6.61 Å². The molecule has 2 aromatic carbocycles. The Kier molecular flexibility index (Phi) is 6.57. The number of furan rings is 1. The standard InChI is InChI=1S/C28H23N3O5/c32-24(30-31-27(33)18-8-2-1-3-9-18)17-36-28(34)25-21-12-4-5-14-23(21)29-26-19(10-6-13-22(25)26)16-20-11-7-15-35-20/h1-5,7-9,11-12,14-16H,6,10,13,17H2,(H,30,32)(H,31,33). The second kappa shape index (κ2) is 10.3. The number of para-hydroxylation sites is 1. The fraction of sp³-hybridized carbons (Fsp3) is 0.143. The van der Waals surface area contributed by atoms with Crippen molar-refractivity contribution in [3.8, 4) is 0 Å². The minimum atomic E-state index is -0.654. The van der Waals surface area contributed by atoms with Crippen LogP contribution in [0.25, 0.3) is 22.6 Å². The highest BCUT2D eigenvalue weighted by atomic mass is 16.5. The highest BCUT2D eigenvalue weighted by molar-refractivity contribution is 6.07. The molecule has 2 aromatic heterocycles. The van der Waals surface area contributed by atoms with Crippen LogP contribution in [0.2, 0.25) is 0 Å². The Morgan fingerprint density at radius 2 is 1.75 bits per heavy atom. The van der Waals surface area contributed by atoms with Gasteiger partial charge in [0.05, 0.1) is 23.0 Å². The second-order valence-corrected chi connectivity index (χ2v) is 8.31. The predicted molar refractivity (Wildman–Crippen MR) is 134 cm³/mol. The quantitative estimate of drug-likeness (QED) is 0.324. The van der Waals surface area contributed by atoms with Gasteiger partial charge >= 0.3 is 5.97 Å². The van der Waals surface area contributed by atoms with E-state index in [1.165, 1.54) is 0 Å². The van der Waals surface area contributed by atoms with E-state index < -0.39 is 24.4 Å². The summed E-state index contributed by atoms with van der Waals surface area (Å²) in [6.45, 7) is -0.547. The zero-order valence-corrected chi connectivity index (χ0v) is 19.3. The molecule has 1 aliphatic rings. The average Bonchev–Trinajstić information content (AvgIpc) is 3.43. The van der Waals surface area contributed by atoms with E-state index in [1.807, 2.05) is 42.5 Å². The molecular weight excluding hydrogens is 458 g/mol. The summed E-state index contributed by atoms with van der Waals surface area (Å²) in [6.07, 6.45) is 5.85. The predicted octanol–water partition coefficient (Wildman–Crippen LogP) is 4.32. The maximum atomic E-state index is 13.3. The van der Waals surface area contributed by atoms with Gasteiger partial charge in [0.1, 0.15) is 5.76 Å². The summed E-state index contributed by atoms with van der Waals surface area (Å²) in [5.74, 6) is -1.03. The number of amides is 2. The number of benzene rings is 2. The van der Waals surface area contributed by atoms with Crippen molar-refractivity contribution in [1.82, 2.24) is 15.8 Å². The fourth-order valence-corrected chi connectivity index (χ4v) is 4.28. The SMILES string of the molecule is O=C(COC(=O)c1c2c(nc3ccccc13)C(=Cc1ccco1)CCC2)NNC(=O)c1ccccc1. The first-order valence-electron chi connectivity index (χ1n) is 11.6. The Bertz CT molecular complexity index is 1460. The number of pyridine rings is 1. The van der Waals surface area contributed by atoms with Crippen molar-refractivity contribution in [3.63, 3.8) is 0 Å². The van der Waals surface area contributed by atoms with Crippen molar-refractivity contribution in [1.29, 1.82) is 0 Å². The van der Waals surface area contributed by atoms with Crippen LogP contribution < -0.4 is 10.9 Å². The van der Waals surface area contributed by atoms with E-state index in [0.29, 0.717) is 34.2 Å². The lowest BCUT2D eigenvalue weighted by Gasteiger charge is -2.22. The van der Waals surface area contributed by atoms with Gasteiger partial charge in [0, 0.05) is 10.9 Å². The lowest BCUT2D eigenvalue weighted by atomic mass is 9.86. The first-order valence-corrected chi connectivity index (χ1v) is 11.6. The van der Waals surface area contributed by atoms with Crippen LogP contribution in [0, 0.1) is 0 Å². The summed E-state index contributed by atoms with van der Waals surface area (Å²) in [4.78, 5) is 42.5. The third-order valence-corrected chi connectivity index (χ3v) is 5.92. The molecule has 5 rings (SSSR count). The van der Waals surface area contributed by atoms with Crippen molar-refractivity contribution in [2.45, 2.75) is 19.3 Å². The molecule has 0 atom stereocenters. The molecule has 36 heavy (non-hydrogen) atoms. The number of fused-ring (bicyclic) bond motifs is 2. The summed E-state index contributed by atoms with van der Waals surface area (Å²) in [7, 11) is 0. The molecule has 0 saturated heterocycles. The van der Waals surface area contributed by atoms with Crippen LogP contribution in [0.3, 0.4) is 0 Å². The molecule has 0 spiro atoms. The van der Waals surface area contributed by atoms with Crippen LogP contribution in [0.15, 0.2) is 77.4 Å². The lowest BCUT2D eigenvalue weighted by molar-refractivity contribution is -0.125. The second-order valence-electron chi connectivity index (χ2n) is 8.31. The van der Waals surface area contributed by atoms with E-state index in [0.717, 1.165) is 29.7 Å².